The minimum Gasteiger partial charge on any atom is -0.507 e. The molecular formula is C14H9BrFNO4. The SMILES string of the molecule is O=C(Nc1c(F)cccc1C(=O)O)c1ccc(Br)c(O)c1. The number of amides is 1. The van der Waals surface area contributed by atoms with E-state index in [1.807, 2.05) is 0 Å². The van der Waals surface area contributed by atoms with Crippen molar-refractivity contribution in [1.82, 2.24) is 0 Å². The molecule has 0 aromatic heterocycles. The standard InChI is InChI=1S/C14H9BrFNO4/c15-9-5-4-7(6-11(9)18)13(19)17-12-8(14(20)21)2-1-3-10(12)16/h1-6,18H,(H,17,19)(H,20,21). The molecule has 2 aromatic rings. The number of anilines is 1. The quantitative estimate of drug-likeness (QED) is 0.790. The Kier molecular flexibility index (Phi) is 4.23. The van der Waals surface area contributed by atoms with E-state index in [2.05, 4.69) is 21.2 Å². The summed E-state index contributed by atoms with van der Waals surface area (Å²) in [5.74, 6) is -3.10. The van der Waals surface area contributed by atoms with Crippen LogP contribution in [0.1, 0.15) is 20.7 Å². The van der Waals surface area contributed by atoms with Gasteiger partial charge in [0.05, 0.1) is 15.7 Å². The lowest BCUT2D eigenvalue weighted by Crippen LogP contribution is -2.16. The summed E-state index contributed by atoms with van der Waals surface area (Å²) >= 11 is 3.07. The first kappa shape index (κ1) is 15.0. The number of rotatable bonds is 3. The maximum absolute atomic E-state index is 13.7. The molecule has 21 heavy (non-hydrogen) atoms. The normalized spacial score (nSPS) is 10.2. The second kappa shape index (κ2) is 5.92. The summed E-state index contributed by atoms with van der Waals surface area (Å²) in [6.07, 6.45) is 0. The Labute approximate surface area is 127 Å². The van der Waals surface area contributed by atoms with E-state index in [0.29, 0.717) is 4.47 Å². The lowest BCUT2D eigenvalue weighted by Gasteiger charge is -2.10. The third kappa shape index (κ3) is 3.19. The first-order valence-corrected chi connectivity index (χ1v) is 6.51. The Morgan fingerprint density at radius 2 is 1.90 bits per heavy atom. The Hall–Kier alpha value is -2.41. The van der Waals surface area contributed by atoms with E-state index >= 15 is 0 Å². The van der Waals surface area contributed by atoms with Gasteiger partial charge in [-0.25, -0.2) is 9.18 Å². The molecule has 0 unspecified atom stereocenters. The molecule has 2 rings (SSSR count). The van der Waals surface area contributed by atoms with Gasteiger partial charge in [0.25, 0.3) is 5.91 Å². The van der Waals surface area contributed by atoms with Crippen LogP contribution in [0.5, 0.6) is 5.75 Å². The molecule has 0 aliphatic heterocycles. The summed E-state index contributed by atoms with van der Waals surface area (Å²) in [5.41, 5.74) is -0.711. The van der Waals surface area contributed by atoms with Gasteiger partial charge in [-0.2, -0.15) is 0 Å². The Bertz CT molecular complexity index is 733. The maximum Gasteiger partial charge on any atom is 0.337 e. The fourth-order valence-electron chi connectivity index (χ4n) is 1.67. The molecule has 0 spiro atoms. The third-order valence-corrected chi connectivity index (χ3v) is 3.36. The second-order valence-corrected chi connectivity index (χ2v) is 4.94. The van der Waals surface area contributed by atoms with E-state index in [0.717, 1.165) is 6.07 Å². The van der Waals surface area contributed by atoms with Crippen molar-refractivity contribution >= 4 is 33.5 Å². The van der Waals surface area contributed by atoms with E-state index in [-0.39, 0.29) is 16.9 Å². The highest BCUT2D eigenvalue weighted by Gasteiger charge is 2.17. The number of benzene rings is 2. The van der Waals surface area contributed by atoms with Crippen LogP contribution in [0.3, 0.4) is 0 Å². The van der Waals surface area contributed by atoms with E-state index in [4.69, 9.17) is 5.11 Å². The van der Waals surface area contributed by atoms with Crippen molar-refractivity contribution in [2.75, 3.05) is 5.32 Å². The van der Waals surface area contributed by atoms with Crippen molar-refractivity contribution in [3.63, 3.8) is 0 Å². The smallest absolute Gasteiger partial charge is 0.337 e. The molecule has 0 bridgehead atoms. The summed E-state index contributed by atoms with van der Waals surface area (Å²) < 4.78 is 14.1. The molecule has 0 atom stereocenters. The van der Waals surface area contributed by atoms with Crippen LogP contribution in [-0.4, -0.2) is 22.1 Å². The topological polar surface area (TPSA) is 86.6 Å². The molecule has 0 saturated heterocycles. The van der Waals surface area contributed by atoms with Gasteiger partial charge in [-0.3, -0.25) is 4.79 Å². The fraction of sp³-hybridized carbons (Fsp3) is 0. The van der Waals surface area contributed by atoms with E-state index in [1.54, 1.807) is 0 Å². The van der Waals surface area contributed by atoms with Crippen molar-refractivity contribution in [3.05, 3.63) is 57.8 Å². The van der Waals surface area contributed by atoms with Crippen LogP contribution in [0.4, 0.5) is 10.1 Å². The minimum atomic E-state index is -1.36. The zero-order valence-corrected chi connectivity index (χ0v) is 12.0. The maximum atomic E-state index is 13.7. The average molecular weight is 354 g/mol. The van der Waals surface area contributed by atoms with Crippen molar-refractivity contribution in [1.29, 1.82) is 0 Å². The van der Waals surface area contributed by atoms with Gasteiger partial charge in [-0.05, 0) is 46.3 Å². The Balaban J connectivity index is 2.36. The van der Waals surface area contributed by atoms with Gasteiger partial charge in [0.1, 0.15) is 11.6 Å². The molecule has 7 heteroatoms. The molecule has 108 valence electrons. The van der Waals surface area contributed by atoms with Gasteiger partial charge in [-0.15, -0.1) is 0 Å². The number of aromatic hydroxyl groups is 1. The van der Waals surface area contributed by atoms with E-state index in [9.17, 15) is 19.1 Å². The number of carboxylic acid groups (broad SMARTS) is 1. The predicted octanol–water partition coefficient (Wildman–Crippen LogP) is 3.24. The first-order valence-electron chi connectivity index (χ1n) is 5.72. The number of halogens is 2. The number of hydrogen-bond donors (Lipinski definition) is 3. The molecule has 0 aliphatic rings. The van der Waals surface area contributed by atoms with Gasteiger partial charge in [-0.1, -0.05) is 6.07 Å². The van der Waals surface area contributed by atoms with E-state index in [1.165, 1.54) is 30.3 Å². The lowest BCUT2D eigenvalue weighted by molar-refractivity contribution is 0.0697. The Morgan fingerprint density at radius 1 is 1.19 bits per heavy atom. The number of phenolic OH excluding ortho intramolecular Hbond substituents is 1. The summed E-state index contributed by atoms with van der Waals surface area (Å²) in [6.45, 7) is 0. The fourth-order valence-corrected chi connectivity index (χ4v) is 1.92. The molecule has 3 N–H and O–H groups in total. The first-order chi connectivity index (χ1) is 9.90. The summed E-state index contributed by atoms with van der Waals surface area (Å²) in [5, 5.41) is 20.7. The molecule has 1 amide bonds. The number of carbonyl (C=O) groups excluding carboxylic acids is 1. The van der Waals surface area contributed by atoms with Crippen LogP contribution in [0.25, 0.3) is 0 Å². The average Bonchev–Trinajstić information content (AvgIpc) is 2.43. The van der Waals surface area contributed by atoms with Crippen LogP contribution < -0.4 is 5.32 Å². The van der Waals surface area contributed by atoms with Crippen LogP contribution >= 0.6 is 15.9 Å². The molecule has 0 radical (unpaired) electrons. The van der Waals surface area contributed by atoms with Gasteiger partial charge in [0, 0.05) is 5.56 Å². The van der Waals surface area contributed by atoms with Crippen molar-refractivity contribution in [2.24, 2.45) is 0 Å². The number of phenols is 1. The van der Waals surface area contributed by atoms with E-state index < -0.39 is 23.4 Å². The largest absolute Gasteiger partial charge is 0.507 e. The molecule has 0 fully saturated rings. The number of para-hydroxylation sites is 1. The third-order valence-electron chi connectivity index (χ3n) is 2.69. The Morgan fingerprint density at radius 3 is 2.52 bits per heavy atom. The zero-order chi connectivity index (χ0) is 15.6. The van der Waals surface area contributed by atoms with Crippen LogP contribution in [0, 0.1) is 5.82 Å². The highest BCUT2D eigenvalue weighted by molar-refractivity contribution is 9.10. The number of carbonyl (C=O) groups is 2. The second-order valence-electron chi connectivity index (χ2n) is 4.09. The predicted molar refractivity (Wildman–Crippen MR) is 77.1 cm³/mol. The number of nitrogens with one attached hydrogen (secondary N) is 1. The molecule has 2 aromatic carbocycles. The van der Waals surface area contributed by atoms with Crippen molar-refractivity contribution in [3.8, 4) is 5.75 Å². The monoisotopic (exact) mass is 353 g/mol. The van der Waals surface area contributed by atoms with Crippen molar-refractivity contribution < 1.29 is 24.2 Å². The molecule has 0 saturated carbocycles. The van der Waals surface area contributed by atoms with Crippen molar-refractivity contribution in [2.45, 2.75) is 0 Å². The number of hydrogen-bond acceptors (Lipinski definition) is 3. The minimum absolute atomic E-state index is 0.0651. The highest BCUT2D eigenvalue weighted by Crippen LogP contribution is 2.26. The van der Waals surface area contributed by atoms with Crippen LogP contribution in [0.15, 0.2) is 40.9 Å². The van der Waals surface area contributed by atoms with Gasteiger partial charge < -0.3 is 15.5 Å². The zero-order valence-electron chi connectivity index (χ0n) is 10.4. The number of aromatic carboxylic acids is 1. The summed E-state index contributed by atoms with van der Waals surface area (Å²) in [4.78, 5) is 23.0. The molecule has 0 heterocycles. The molecule has 5 nitrogen and oxygen atoms in total. The lowest BCUT2D eigenvalue weighted by atomic mass is 10.1. The van der Waals surface area contributed by atoms with Crippen LogP contribution in [0.2, 0.25) is 0 Å². The summed E-state index contributed by atoms with van der Waals surface area (Å²) in [7, 11) is 0. The van der Waals surface area contributed by atoms with Crippen LogP contribution in [-0.2, 0) is 0 Å². The molecule has 0 aliphatic carbocycles. The van der Waals surface area contributed by atoms with Gasteiger partial charge in [0.2, 0.25) is 0 Å². The summed E-state index contributed by atoms with van der Waals surface area (Å²) in [6, 6.07) is 7.49. The van der Waals surface area contributed by atoms with Gasteiger partial charge >= 0.3 is 5.97 Å². The number of carboxylic acids is 1. The van der Waals surface area contributed by atoms with Gasteiger partial charge in [0.15, 0.2) is 0 Å². The highest BCUT2D eigenvalue weighted by atomic mass is 79.9. The molecular weight excluding hydrogens is 345 g/mol.